The van der Waals surface area contributed by atoms with Gasteiger partial charge in [0.15, 0.2) is 15.8 Å². The van der Waals surface area contributed by atoms with Crippen molar-refractivity contribution in [1.29, 1.82) is 0 Å². The normalized spacial score (nSPS) is 17.1. The number of hydrogen-bond donors (Lipinski definition) is 2. The van der Waals surface area contributed by atoms with Gasteiger partial charge >= 0.3 is 0 Å². The van der Waals surface area contributed by atoms with E-state index in [1.807, 2.05) is 19.1 Å². The Hall–Kier alpha value is -1.65. The highest BCUT2D eigenvalue weighted by Gasteiger charge is 2.22. The number of benzene rings is 2. The third kappa shape index (κ3) is 8.04. The number of nitrogens with zero attached hydrogens (tertiary/aromatic N) is 2. The molecule has 6 nitrogen and oxygen atoms in total. The van der Waals surface area contributed by atoms with E-state index in [1.165, 1.54) is 18.2 Å². The molecule has 0 radical (unpaired) electrons. The zero-order valence-electron chi connectivity index (χ0n) is 19.2. The molecule has 8 heteroatoms. The largest absolute Gasteiger partial charge is 0.356 e. The molecule has 1 aliphatic rings. The molecule has 1 saturated heterocycles. The predicted molar refractivity (Wildman–Crippen MR) is 143 cm³/mol. The van der Waals surface area contributed by atoms with Crippen LogP contribution in [0.4, 0.5) is 0 Å². The second-order valence-electron chi connectivity index (χ2n) is 8.37. The van der Waals surface area contributed by atoms with Gasteiger partial charge in [0, 0.05) is 39.5 Å². The van der Waals surface area contributed by atoms with Crippen molar-refractivity contribution in [2.24, 2.45) is 10.9 Å². The van der Waals surface area contributed by atoms with Crippen molar-refractivity contribution in [3.63, 3.8) is 0 Å². The summed E-state index contributed by atoms with van der Waals surface area (Å²) in [4.78, 5) is 7.25. The molecule has 176 valence electrons. The SMILES string of the molecule is CN=C(NCc1ccc(S(C)(=O)=O)c(C)c1)NCC1CCN(CCc2ccccc2)C1.I. The van der Waals surface area contributed by atoms with Crippen LogP contribution in [0.15, 0.2) is 58.4 Å². The van der Waals surface area contributed by atoms with Crippen LogP contribution in [0.5, 0.6) is 0 Å². The summed E-state index contributed by atoms with van der Waals surface area (Å²) in [5.41, 5.74) is 3.19. The van der Waals surface area contributed by atoms with Crippen molar-refractivity contribution in [3.8, 4) is 0 Å². The van der Waals surface area contributed by atoms with Gasteiger partial charge in [0.05, 0.1) is 4.90 Å². The first-order chi connectivity index (χ1) is 14.8. The van der Waals surface area contributed by atoms with Crippen LogP contribution in [-0.2, 0) is 22.8 Å². The van der Waals surface area contributed by atoms with Crippen LogP contribution in [0.1, 0.15) is 23.1 Å². The molecule has 1 unspecified atom stereocenters. The van der Waals surface area contributed by atoms with Gasteiger partial charge in [0.2, 0.25) is 0 Å². The van der Waals surface area contributed by atoms with Crippen LogP contribution in [-0.4, -0.2) is 58.8 Å². The Labute approximate surface area is 209 Å². The van der Waals surface area contributed by atoms with Crippen LogP contribution in [0.2, 0.25) is 0 Å². The van der Waals surface area contributed by atoms with Crippen LogP contribution in [0, 0.1) is 12.8 Å². The van der Waals surface area contributed by atoms with Gasteiger partial charge in [-0.3, -0.25) is 4.99 Å². The number of hydrogen-bond acceptors (Lipinski definition) is 4. The third-order valence-electron chi connectivity index (χ3n) is 5.81. The Kier molecular flexibility index (Phi) is 10.4. The number of rotatable bonds is 8. The number of likely N-dealkylation sites (tertiary alicyclic amines) is 1. The van der Waals surface area contributed by atoms with E-state index in [9.17, 15) is 8.42 Å². The number of nitrogens with one attached hydrogen (secondary N) is 2. The standard InChI is InChI=1S/C24H34N4O2S.HI/c1-19-15-21(9-10-23(19)31(3,29)30)16-26-24(25-2)27-17-22-12-14-28(18-22)13-11-20-7-5-4-6-8-20;/h4-10,15,22H,11-14,16-18H2,1-3H3,(H2,25,26,27);1H. The molecule has 0 aromatic heterocycles. The average molecular weight is 571 g/mol. The van der Waals surface area contributed by atoms with Gasteiger partial charge < -0.3 is 15.5 Å². The first-order valence-electron chi connectivity index (χ1n) is 10.9. The first-order valence-corrected chi connectivity index (χ1v) is 12.7. The maximum Gasteiger partial charge on any atom is 0.191 e. The number of halogens is 1. The summed E-state index contributed by atoms with van der Waals surface area (Å²) in [6, 6.07) is 16.1. The van der Waals surface area contributed by atoms with Gasteiger partial charge in [-0.2, -0.15) is 0 Å². The fourth-order valence-corrected chi connectivity index (χ4v) is 5.06. The zero-order valence-corrected chi connectivity index (χ0v) is 22.3. The van der Waals surface area contributed by atoms with Crippen LogP contribution < -0.4 is 10.6 Å². The maximum absolute atomic E-state index is 11.8. The molecule has 1 aliphatic heterocycles. The van der Waals surface area contributed by atoms with Gasteiger partial charge in [0.1, 0.15) is 0 Å². The Morgan fingerprint density at radius 1 is 1.12 bits per heavy atom. The van der Waals surface area contributed by atoms with Gasteiger partial charge in [-0.05, 0) is 55.0 Å². The molecule has 32 heavy (non-hydrogen) atoms. The van der Waals surface area contributed by atoms with Crippen LogP contribution in [0.3, 0.4) is 0 Å². The molecule has 0 amide bonds. The lowest BCUT2D eigenvalue weighted by Crippen LogP contribution is -2.40. The lowest BCUT2D eigenvalue weighted by atomic mass is 10.1. The molecule has 0 saturated carbocycles. The lowest BCUT2D eigenvalue weighted by Gasteiger charge is -2.18. The van der Waals surface area contributed by atoms with Crippen molar-refractivity contribution in [2.75, 3.05) is 39.5 Å². The Bertz CT molecular complexity index is 996. The maximum atomic E-state index is 11.8. The summed E-state index contributed by atoms with van der Waals surface area (Å²) in [6.45, 7) is 6.69. The molecule has 2 aromatic rings. The van der Waals surface area contributed by atoms with E-state index >= 15 is 0 Å². The van der Waals surface area contributed by atoms with E-state index in [-0.39, 0.29) is 24.0 Å². The summed E-state index contributed by atoms with van der Waals surface area (Å²) in [5, 5.41) is 6.77. The number of aliphatic imine (C=N–C) groups is 1. The predicted octanol–water partition coefficient (Wildman–Crippen LogP) is 3.25. The molecule has 1 atom stereocenters. The van der Waals surface area contributed by atoms with Gasteiger partial charge in [-0.15, -0.1) is 24.0 Å². The molecule has 2 aromatic carbocycles. The number of aryl methyl sites for hydroxylation is 1. The number of sulfone groups is 1. The monoisotopic (exact) mass is 570 g/mol. The van der Waals surface area contributed by atoms with Crippen LogP contribution >= 0.6 is 24.0 Å². The van der Waals surface area contributed by atoms with Crippen molar-refractivity contribution in [3.05, 3.63) is 65.2 Å². The highest BCUT2D eigenvalue weighted by Crippen LogP contribution is 2.17. The zero-order chi connectivity index (χ0) is 22.3. The van der Waals surface area contributed by atoms with Crippen molar-refractivity contribution >= 4 is 39.8 Å². The fourth-order valence-electron chi connectivity index (χ4n) is 4.10. The summed E-state index contributed by atoms with van der Waals surface area (Å²) < 4.78 is 23.6. The Morgan fingerprint density at radius 3 is 2.53 bits per heavy atom. The van der Waals surface area contributed by atoms with E-state index in [1.54, 1.807) is 13.1 Å². The molecule has 3 rings (SSSR count). The Balaban J connectivity index is 0.00000363. The van der Waals surface area contributed by atoms with E-state index in [2.05, 4.69) is 50.9 Å². The molecular weight excluding hydrogens is 535 g/mol. The minimum absolute atomic E-state index is 0. The van der Waals surface area contributed by atoms with E-state index < -0.39 is 9.84 Å². The number of guanidine groups is 1. The second-order valence-corrected chi connectivity index (χ2v) is 10.4. The Morgan fingerprint density at radius 2 is 1.88 bits per heavy atom. The van der Waals surface area contributed by atoms with Gasteiger partial charge in [-0.25, -0.2) is 8.42 Å². The second kappa shape index (κ2) is 12.6. The molecule has 1 fully saturated rings. The van der Waals surface area contributed by atoms with E-state index in [0.717, 1.165) is 49.7 Å². The van der Waals surface area contributed by atoms with Crippen molar-refractivity contribution in [2.45, 2.75) is 31.2 Å². The highest BCUT2D eigenvalue weighted by atomic mass is 127. The summed E-state index contributed by atoms with van der Waals surface area (Å²) >= 11 is 0. The average Bonchev–Trinajstić information content (AvgIpc) is 3.20. The molecule has 1 heterocycles. The van der Waals surface area contributed by atoms with E-state index in [4.69, 9.17) is 0 Å². The molecule has 0 spiro atoms. The smallest absolute Gasteiger partial charge is 0.191 e. The molecule has 0 aliphatic carbocycles. The van der Waals surface area contributed by atoms with Gasteiger partial charge in [0.25, 0.3) is 0 Å². The first kappa shape index (κ1) is 26.6. The topological polar surface area (TPSA) is 73.8 Å². The van der Waals surface area contributed by atoms with Gasteiger partial charge in [-0.1, -0.05) is 42.5 Å². The highest BCUT2D eigenvalue weighted by molar-refractivity contribution is 14.0. The van der Waals surface area contributed by atoms with E-state index in [0.29, 0.717) is 17.4 Å². The lowest BCUT2D eigenvalue weighted by molar-refractivity contribution is 0.328. The molecule has 2 N–H and O–H groups in total. The summed E-state index contributed by atoms with van der Waals surface area (Å²) in [6.07, 6.45) is 3.54. The minimum atomic E-state index is -3.19. The van der Waals surface area contributed by atoms with Crippen molar-refractivity contribution in [1.82, 2.24) is 15.5 Å². The minimum Gasteiger partial charge on any atom is -0.356 e. The summed E-state index contributed by atoms with van der Waals surface area (Å²) in [7, 11) is -1.42. The quantitative estimate of drug-likeness (QED) is 0.290. The van der Waals surface area contributed by atoms with Crippen molar-refractivity contribution < 1.29 is 8.42 Å². The fraction of sp³-hybridized carbons (Fsp3) is 0.458. The third-order valence-corrected chi connectivity index (χ3v) is 7.07. The van der Waals surface area contributed by atoms with Crippen LogP contribution in [0.25, 0.3) is 0 Å². The summed E-state index contributed by atoms with van der Waals surface area (Å²) in [5.74, 6) is 1.39. The molecule has 0 bridgehead atoms. The molecular formula is C24H35IN4O2S.